The van der Waals surface area contributed by atoms with Gasteiger partial charge in [0.1, 0.15) is 12.4 Å². The van der Waals surface area contributed by atoms with Gasteiger partial charge >= 0.3 is 0 Å². The molecule has 4 N–H and O–H groups in total. The molecule has 1 unspecified atom stereocenters. The van der Waals surface area contributed by atoms with Gasteiger partial charge in [0, 0.05) is 18.6 Å². The number of nitrogens with one attached hydrogen (secondary N) is 2. The van der Waals surface area contributed by atoms with E-state index in [4.69, 9.17) is 5.73 Å². The number of hydrogen-bond acceptors (Lipinski definition) is 4. The number of carbonyl (C=O) groups excluding carboxylic acids is 1. The summed E-state index contributed by atoms with van der Waals surface area (Å²) in [5, 5.41) is 6.85. The van der Waals surface area contributed by atoms with Gasteiger partial charge in [-0.3, -0.25) is 9.48 Å². The van der Waals surface area contributed by atoms with Crippen LogP contribution in [0.15, 0.2) is 24.8 Å². The number of H-pyrrole nitrogens is 1. The third kappa shape index (κ3) is 2.88. The molecule has 2 heterocycles. The molecular formula is C11H16N6O. The number of anilines is 1. The van der Waals surface area contributed by atoms with Gasteiger partial charge in [-0.25, -0.2) is 4.98 Å². The number of nitrogen functional groups attached to an aromatic ring is 1. The Morgan fingerprint density at radius 2 is 2.50 bits per heavy atom. The Labute approximate surface area is 104 Å². The van der Waals surface area contributed by atoms with E-state index >= 15 is 0 Å². The number of rotatable bonds is 5. The van der Waals surface area contributed by atoms with Crippen LogP contribution in [0.3, 0.4) is 0 Å². The van der Waals surface area contributed by atoms with Crippen molar-refractivity contribution in [2.75, 3.05) is 5.73 Å². The van der Waals surface area contributed by atoms with Gasteiger partial charge in [0.2, 0.25) is 5.91 Å². The van der Waals surface area contributed by atoms with E-state index in [1.807, 2.05) is 6.92 Å². The van der Waals surface area contributed by atoms with Crippen LogP contribution >= 0.6 is 0 Å². The SMILES string of the molecule is CCC(NC(=O)Cn1cc(N)cn1)c1ncc[nH]1. The molecule has 0 radical (unpaired) electrons. The summed E-state index contributed by atoms with van der Waals surface area (Å²) in [5.41, 5.74) is 6.07. The fourth-order valence-electron chi connectivity index (χ4n) is 1.68. The molecule has 0 aliphatic rings. The van der Waals surface area contributed by atoms with E-state index in [0.717, 1.165) is 12.2 Å². The monoisotopic (exact) mass is 248 g/mol. The van der Waals surface area contributed by atoms with Gasteiger partial charge in [-0.15, -0.1) is 0 Å². The van der Waals surface area contributed by atoms with Gasteiger partial charge in [0.15, 0.2) is 0 Å². The molecule has 0 aliphatic carbocycles. The van der Waals surface area contributed by atoms with E-state index in [2.05, 4.69) is 20.4 Å². The summed E-state index contributed by atoms with van der Waals surface area (Å²) in [7, 11) is 0. The zero-order valence-electron chi connectivity index (χ0n) is 10.1. The van der Waals surface area contributed by atoms with Gasteiger partial charge in [0.05, 0.1) is 17.9 Å². The topological polar surface area (TPSA) is 102 Å². The third-order valence-electron chi connectivity index (χ3n) is 2.55. The molecule has 0 saturated heterocycles. The molecule has 0 aliphatic heterocycles. The van der Waals surface area contributed by atoms with Gasteiger partial charge < -0.3 is 16.0 Å². The molecule has 0 aromatic carbocycles. The van der Waals surface area contributed by atoms with Crippen LogP contribution < -0.4 is 11.1 Å². The second-order valence-electron chi connectivity index (χ2n) is 3.97. The van der Waals surface area contributed by atoms with Crippen LogP contribution in [0.1, 0.15) is 25.2 Å². The van der Waals surface area contributed by atoms with Crippen LogP contribution in [0.2, 0.25) is 0 Å². The van der Waals surface area contributed by atoms with E-state index in [1.165, 1.54) is 10.9 Å². The summed E-state index contributed by atoms with van der Waals surface area (Å²) in [6.07, 6.45) is 7.29. The minimum atomic E-state index is -0.124. The Kier molecular flexibility index (Phi) is 3.61. The van der Waals surface area contributed by atoms with Gasteiger partial charge in [-0.05, 0) is 6.42 Å². The second-order valence-corrected chi connectivity index (χ2v) is 3.97. The van der Waals surface area contributed by atoms with Crippen molar-refractivity contribution in [3.8, 4) is 0 Å². The van der Waals surface area contributed by atoms with Crippen molar-refractivity contribution in [3.05, 3.63) is 30.6 Å². The lowest BCUT2D eigenvalue weighted by atomic mass is 10.2. The second kappa shape index (κ2) is 5.35. The fraction of sp³-hybridized carbons (Fsp3) is 0.364. The molecule has 18 heavy (non-hydrogen) atoms. The van der Waals surface area contributed by atoms with Crippen LogP contribution in [0.25, 0.3) is 0 Å². The van der Waals surface area contributed by atoms with Crippen molar-refractivity contribution in [1.29, 1.82) is 0 Å². The zero-order chi connectivity index (χ0) is 13.0. The molecule has 7 nitrogen and oxygen atoms in total. The molecule has 1 amide bonds. The Morgan fingerprint density at radius 3 is 3.06 bits per heavy atom. The number of hydrogen-bond donors (Lipinski definition) is 3. The smallest absolute Gasteiger partial charge is 0.242 e. The Hall–Kier alpha value is -2.31. The third-order valence-corrected chi connectivity index (χ3v) is 2.55. The summed E-state index contributed by atoms with van der Waals surface area (Å²) in [6.45, 7) is 2.13. The summed E-state index contributed by atoms with van der Waals surface area (Å²) in [4.78, 5) is 19.0. The number of nitrogens with zero attached hydrogens (tertiary/aromatic N) is 3. The van der Waals surface area contributed by atoms with E-state index < -0.39 is 0 Å². The highest BCUT2D eigenvalue weighted by molar-refractivity contribution is 5.76. The summed E-state index contributed by atoms with van der Waals surface area (Å²) >= 11 is 0. The number of imidazole rings is 1. The number of aromatic nitrogens is 4. The van der Waals surface area contributed by atoms with Crippen molar-refractivity contribution < 1.29 is 4.79 Å². The van der Waals surface area contributed by atoms with Crippen LogP contribution in [0.5, 0.6) is 0 Å². The van der Waals surface area contributed by atoms with Gasteiger partial charge in [-0.1, -0.05) is 6.92 Å². The highest BCUT2D eigenvalue weighted by atomic mass is 16.2. The van der Waals surface area contributed by atoms with Crippen LogP contribution in [0, 0.1) is 0 Å². The van der Waals surface area contributed by atoms with Gasteiger partial charge in [0.25, 0.3) is 0 Å². The Bertz CT molecular complexity index is 503. The zero-order valence-corrected chi connectivity index (χ0v) is 10.1. The lowest BCUT2D eigenvalue weighted by Gasteiger charge is -2.14. The predicted octanol–water partition coefficient (Wildman–Crippen LogP) is 0.456. The van der Waals surface area contributed by atoms with Crippen LogP contribution in [-0.4, -0.2) is 25.7 Å². The number of nitrogens with two attached hydrogens (primary N) is 1. The van der Waals surface area contributed by atoms with Crippen LogP contribution in [0.4, 0.5) is 5.69 Å². The average molecular weight is 248 g/mol. The minimum absolute atomic E-state index is 0.111. The van der Waals surface area contributed by atoms with E-state index in [-0.39, 0.29) is 18.5 Å². The van der Waals surface area contributed by atoms with Crippen molar-refractivity contribution >= 4 is 11.6 Å². The summed E-state index contributed by atoms with van der Waals surface area (Å²) in [5.74, 6) is 0.632. The molecule has 0 saturated carbocycles. The molecule has 0 fully saturated rings. The first-order valence-electron chi connectivity index (χ1n) is 5.75. The maximum atomic E-state index is 11.8. The summed E-state index contributed by atoms with van der Waals surface area (Å²) < 4.78 is 1.50. The first-order valence-corrected chi connectivity index (χ1v) is 5.75. The lowest BCUT2D eigenvalue weighted by molar-refractivity contribution is -0.122. The molecule has 7 heteroatoms. The van der Waals surface area contributed by atoms with Crippen LogP contribution in [-0.2, 0) is 11.3 Å². The standard InChI is InChI=1S/C11H16N6O/c1-2-9(11-13-3-4-14-11)16-10(18)7-17-6-8(12)5-15-17/h3-6,9H,2,7,12H2,1H3,(H,13,14)(H,16,18). The van der Waals surface area contributed by atoms with Crippen molar-refractivity contribution in [1.82, 2.24) is 25.1 Å². The maximum absolute atomic E-state index is 11.8. The number of aromatic amines is 1. The summed E-state index contributed by atoms with van der Waals surface area (Å²) in [6, 6.07) is -0.111. The first-order chi connectivity index (χ1) is 8.69. The molecule has 0 bridgehead atoms. The predicted molar refractivity (Wildman–Crippen MR) is 66.4 cm³/mol. The van der Waals surface area contributed by atoms with Crippen molar-refractivity contribution in [2.24, 2.45) is 0 Å². The Balaban J connectivity index is 1.94. The molecule has 1 atom stereocenters. The molecule has 96 valence electrons. The largest absolute Gasteiger partial charge is 0.396 e. The minimum Gasteiger partial charge on any atom is -0.396 e. The fourth-order valence-corrected chi connectivity index (χ4v) is 1.68. The van der Waals surface area contributed by atoms with E-state index in [1.54, 1.807) is 18.6 Å². The molecule has 2 rings (SSSR count). The van der Waals surface area contributed by atoms with Crippen molar-refractivity contribution in [3.63, 3.8) is 0 Å². The maximum Gasteiger partial charge on any atom is 0.242 e. The number of carbonyl (C=O) groups is 1. The van der Waals surface area contributed by atoms with E-state index in [9.17, 15) is 4.79 Å². The van der Waals surface area contributed by atoms with Gasteiger partial charge in [-0.2, -0.15) is 5.10 Å². The average Bonchev–Trinajstić information content (AvgIpc) is 2.98. The quantitative estimate of drug-likeness (QED) is 0.715. The van der Waals surface area contributed by atoms with E-state index in [0.29, 0.717) is 5.69 Å². The van der Waals surface area contributed by atoms with Crippen molar-refractivity contribution in [2.45, 2.75) is 25.9 Å². The highest BCUT2D eigenvalue weighted by Gasteiger charge is 2.14. The Morgan fingerprint density at radius 1 is 1.67 bits per heavy atom. The number of amides is 1. The lowest BCUT2D eigenvalue weighted by Crippen LogP contribution is -2.32. The molecule has 0 spiro atoms. The molecular weight excluding hydrogens is 232 g/mol. The normalized spacial score (nSPS) is 12.3. The molecule has 2 aromatic rings. The first kappa shape index (κ1) is 12.2. The molecule has 2 aromatic heterocycles. The highest BCUT2D eigenvalue weighted by Crippen LogP contribution is 2.11.